The van der Waals surface area contributed by atoms with Gasteiger partial charge in [0.15, 0.2) is 0 Å². The molecule has 0 atom stereocenters. The lowest BCUT2D eigenvalue weighted by Crippen LogP contribution is -2.41. The van der Waals surface area contributed by atoms with Crippen molar-refractivity contribution in [2.45, 2.75) is 24.6 Å². The molecular formula is C19H17F3O4. The number of hydrogen-bond donors (Lipinski definition) is 1. The van der Waals surface area contributed by atoms with Gasteiger partial charge in [-0.25, -0.2) is 0 Å². The van der Waals surface area contributed by atoms with Crippen molar-refractivity contribution in [2.75, 3.05) is 13.2 Å². The molecule has 1 aliphatic rings. The van der Waals surface area contributed by atoms with Crippen molar-refractivity contribution in [3.63, 3.8) is 0 Å². The summed E-state index contributed by atoms with van der Waals surface area (Å²) in [6, 6.07) is 12.6. The highest BCUT2D eigenvalue weighted by Gasteiger charge is 2.41. The molecule has 4 nitrogen and oxygen atoms in total. The molecule has 1 heterocycles. The lowest BCUT2D eigenvalue weighted by molar-refractivity contribution is -0.274. The average Bonchev–Trinajstić information content (AvgIpc) is 2.62. The maximum Gasteiger partial charge on any atom is 0.573 e. The second-order valence-corrected chi connectivity index (χ2v) is 6.15. The van der Waals surface area contributed by atoms with E-state index in [1.165, 1.54) is 24.3 Å². The highest BCUT2D eigenvalue weighted by atomic mass is 19.4. The van der Waals surface area contributed by atoms with E-state index in [1.807, 2.05) is 0 Å². The summed E-state index contributed by atoms with van der Waals surface area (Å²) in [5, 5.41) is 9.69. The number of alkyl halides is 3. The van der Waals surface area contributed by atoms with Gasteiger partial charge in [-0.15, -0.1) is 13.2 Å². The third kappa shape index (κ3) is 3.83. The lowest BCUT2D eigenvalue weighted by atomic mass is 9.74. The van der Waals surface area contributed by atoms with Gasteiger partial charge in [0.1, 0.15) is 5.75 Å². The summed E-state index contributed by atoms with van der Waals surface area (Å²) in [4.78, 5) is 11.8. The molecule has 0 spiro atoms. The Hall–Kier alpha value is -2.54. The number of aliphatic carboxylic acids is 1. The summed E-state index contributed by atoms with van der Waals surface area (Å²) >= 11 is 0. The first-order valence-electron chi connectivity index (χ1n) is 8.08. The van der Waals surface area contributed by atoms with Crippen LogP contribution in [0, 0.1) is 0 Å². The monoisotopic (exact) mass is 366 g/mol. The fourth-order valence-corrected chi connectivity index (χ4v) is 3.18. The van der Waals surface area contributed by atoms with E-state index in [0.29, 0.717) is 37.2 Å². The molecule has 7 heteroatoms. The third-order valence-electron chi connectivity index (χ3n) is 4.61. The number of halogens is 3. The largest absolute Gasteiger partial charge is 0.573 e. The van der Waals surface area contributed by atoms with Crippen LogP contribution in [0.3, 0.4) is 0 Å². The van der Waals surface area contributed by atoms with Gasteiger partial charge in [0.25, 0.3) is 0 Å². The quantitative estimate of drug-likeness (QED) is 0.872. The summed E-state index contributed by atoms with van der Waals surface area (Å²) in [6.45, 7) is 0.795. The first-order valence-corrected chi connectivity index (χ1v) is 8.08. The van der Waals surface area contributed by atoms with Crippen LogP contribution in [0.2, 0.25) is 0 Å². The van der Waals surface area contributed by atoms with Crippen LogP contribution in [0.4, 0.5) is 13.2 Å². The van der Waals surface area contributed by atoms with Gasteiger partial charge in [0.2, 0.25) is 0 Å². The predicted octanol–water partition coefficient (Wildman–Crippen LogP) is 4.39. The minimum absolute atomic E-state index is 0.287. The molecule has 0 radical (unpaired) electrons. The van der Waals surface area contributed by atoms with Crippen LogP contribution >= 0.6 is 0 Å². The molecular weight excluding hydrogens is 349 g/mol. The number of carbonyl (C=O) groups is 1. The van der Waals surface area contributed by atoms with Gasteiger partial charge in [0.05, 0.1) is 5.41 Å². The lowest BCUT2D eigenvalue weighted by Gasteiger charge is -2.33. The van der Waals surface area contributed by atoms with Crippen LogP contribution in [0.15, 0.2) is 48.5 Å². The van der Waals surface area contributed by atoms with Crippen molar-refractivity contribution in [1.29, 1.82) is 0 Å². The van der Waals surface area contributed by atoms with E-state index in [9.17, 15) is 23.1 Å². The third-order valence-corrected chi connectivity index (χ3v) is 4.61. The topological polar surface area (TPSA) is 55.8 Å². The second-order valence-electron chi connectivity index (χ2n) is 6.15. The Labute approximate surface area is 148 Å². The fourth-order valence-electron chi connectivity index (χ4n) is 3.18. The Morgan fingerprint density at radius 1 is 0.962 bits per heavy atom. The van der Waals surface area contributed by atoms with Crippen molar-refractivity contribution in [3.8, 4) is 16.9 Å². The van der Waals surface area contributed by atoms with Crippen LogP contribution in [-0.2, 0) is 14.9 Å². The molecule has 2 aromatic rings. The van der Waals surface area contributed by atoms with Crippen molar-refractivity contribution < 1.29 is 32.5 Å². The van der Waals surface area contributed by atoms with E-state index in [4.69, 9.17) is 4.74 Å². The first-order chi connectivity index (χ1) is 12.3. The van der Waals surface area contributed by atoms with Crippen LogP contribution in [-0.4, -0.2) is 30.7 Å². The Morgan fingerprint density at radius 2 is 1.46 bits per heavy atom. The van der Waals surface area contributed by atoms with Crippen LogP contribution in [0.5, 0.6) is 5.75 Å². The molecule has 0 saturated carbocycles. The molecule has 1 N–H and O–H groups in total. The van der Waals surface area contributed by atoms with Crippen LogP contribution in [0.1, 0.15) is 18.4 Å². The molecule has 138 valence electrons. The molecule has 0 unspecified atom stereocenters. The zero-order chi connectivity index (χ0) is 18.8. The van der Waals surface area contributed by atoms with Crippen molar-refractivity contribution >= 4 is 5.97 Å². The highest BCUT2D eigenvalue weighted by molar-refractivity contribution is 5.82. The number of rotatable bonds is 4. The zero-order valence-electron chi connectivity index (χ0n) is 13.8. The first kappa shape index (κ1) is 18.3. The number of ether oxygens (including phenoxy) is 2. The predicted molar refractivity (Wildman–Crippen MR) is 87.9 cm³/mol. The van der Waals surface area contributed by atoms with Crippen LogP contribution in [0.25, 0.3) is 11.1 Å². The van der Waals surface area contributed by atoms with Crippen molar-refractivity contribution in [3.05, 3.63) is 54.1 Å². The zero-order valence-corrected chi connectivity index (χ0v) is 13.8. The van der Waals surface area contributed by atoms with E-state index >= 15 is 0 Å². The standard InChI is InChI=1S/C19H17F3O4/c20-19(21,22)26-16-7-3-14(4-8-16)13-1-5-15(6-2-13)18(17(23)24)9-11-25-12-10-18/h1-8H,9-12H2,(H,23,24). The Bertz CT molecular complexity index is 761. The van der Waals surface area contributed by atoms with Gasteiger partial charge in [-0.2, -0.15) is 0 Å². The molecule has 1 fully saturated rings. The summed E-state index contributed by atoms with van der Waals surface area (Å²) in [5.74, 6) is -1.16. The molecule has 1 saturated heterocycles. The molecule has 3 rings (SSSR count). The Balaban J connectivity index is 1.82. The van der Waals surface area contributed by atoms with Crippen LogP contribution < -0.4 is 4.74 Å². The van der Waals surface area contributed by atoms with Gasteiger partial charge >= 0.3 is 12.3 Å². The second kappa shape index (κ2) is 6.99. The van der Waals surface area contributed by atoms with E-state index in [1.54, 1.807) is 24.3 Å². The Morgan fingerprint density at radius 3 is 1.92 bits per heavy atom. The maximum absolute atomic E-state index is 12.2. The minimum atomic E-state index is -4.72. The maximum atomic E-state index is 12.2. The molecule has 2 aromatic carbocycles. The number of carboxylic acids is 1. The molecule has 0 bridgehead atoms. The normalized spacial score (nSPS) is 16.9. The van der Waals surface area contributed by atoms with E-state index in [0.717, 1.165) is 5.56 Å². The summed E-state index contributed by atoms with van der Waals surface area (Å²) < 4.78 is 45.8. The SMILES string of the molecule is O=C(O)C1(c2ccc(-c3ccc(OC(F)(F)F)cc3)cc2)CCOCC1. The van der Waals surface area contributed by atoms with E-state index in [-0.39, 0.29) is 5.75 Å². The minimum Gasteiger partial charge on any atom is -0.481 e. The number of hydrogen-bond acceptors (Lipinski definition) is 3. The smallest absolute Gasteiger partial charge is 0.481 e. The summed E-state index contributed by atoms with van der Waals surface area (Å²) in [6.07, 6.45) is -3.91. The molecule has 0 aromatic heterocycles. The molecule has 0 amide bonds. The summed E-state index contributed by atoms with van der Waals surface area (Å²) in [7, 11) is 0. The summed E-state index contributed by atoms with van der Waals surface area (Å²) in [5.41, 5.74) is 1.23. The Kier molecular flexibility index (Phi) is 4.91. The van der Waals surface area contributed by atoms with Gasteiger partial charge < -0.3 is 14.6 Å². The van der Waals surface area contributed by atoms with Crippen molar-refractivity contribution in [1.82, 2.24) is 0 Å². The van der Waals surface area contributed by atoms with E-state index in [2.05, 4.69) is 4.74 Å². The van der Waals surface area contributed by atoms with Crippen molar-refractivity contribution in [2.24, 2.45) is 0 Å². The average molecular weight is 366 g/mol. The van der Waals surface area contributed by atoms with Gasteiger partial charge in [-0.3, -0.25) is 4.79 Å². The van der Waals surface area contributed by atoms with Gasteiger partial charge in [0, 0.05) is 13.2 Å². The fraction of sp³-hybridized carbons (Fsp3) is 0.316. The molecule has 1 aliphatic heterocycles. The number of benzene rings is 2. The molecule has 0 aliphatic carbocycles. The van der Waals surface area contributed by atoms with Gasteiger partial charge in [-0.05, 0) is 41.7 Å². The highest BCUT2D eigenvalue weighted by Crippen LogP contribution is 2.36. The van der Waals surface area contributed by atoms with Gasteiger partial charge in [-0.1, -0.05) is 36.4 Å². The molecule has 26 heavy (non-hydrogen) atoms. The number of carboxylic acid groups (broad SMARTS) is 1. The van der Waals surface area contributed by atoms with E-state index < -0.39 is 17.7 Å².